The van der Waals surface area contributed by atoms with Crippen molar-refractivity contribution in [2.45, 2.75) is 6.92 Å². The molecule has 8 heteroatoms. The van der Waals surface area contributed by atoms with Crippen LogP contribution in [-0.4, -0.2) is 19.0 Å². The molecule has 0 saturated heterocycles. The van der Waals surface area contributed by atoms with E-state index in [2.05, 4.69) is 10.1 Å². The van der Waals surface area contributed by atoms with E-state index in [0.717, 1.165) is 11.3 Å². The van der Waals surface area contributed by atoms with E-state index in [4.69, 9.17) is 23.2 Å². The zero-order chi connectivity index (χ0) is 18.6. The van der Waals surface area contributed by atoms with Crippen LogP contribution in [-0.2, 0) is 9.53 Å². The number of ether oxygens (including phenoxy) is 1. The van der Waals surface area contributed by atoms with Crippen LogP contribution >= 0.6 is 34.5 Å². The summed E-state index contributed by atoms with van der Waals surface area (Å²) in [6.45, 7) is 1.63. The summed E-state index contributed by atoms with van der Waals surface area (Å²) in [6, 6.07) is 6.89. The van der Waals surface area contributed by atoms with E-state index in [0.29, 0.717) is 21.2 Å². The third kappa shape index (κ3) is 4.40. The van der Waals surface area contributed by atoms with Crippen molar-refractivity contribution in [1.29, 1.82) is 5.26 Å². The molecular weight excluding hydrogens is 383 g/mol. The van der Waals surface area contributed by atoms with Crippen LogP contribution in [0.4, 0.5) is 5.00 Å². The fourth-order valence-electron chi connectivity index (χ4n) is 1.98. The van der Waals surface area contributed by atoms with Gasteiger partial charge in [-0.3, -0.25) is 4.79 Å². The number of esters is 1. The maximum absolute atomic E-state index is 12.1. The molecule has 5 nitrogen and oxygen atoms in total. The third-order valence-electron chi connectivity index (χ3n) is 3.24. The molecule has 0 atom stereocenters. The highest BCUT2D eigenvalue weighted by Gasteiger charge is 2.21. The molecule has 1 amide bonds. The maximum atomic E-state index is 12.1. The number of methoxy groups -OCH3 is 1. The highest BCUT2D eigenvalue weighted by atomic mass is 35.5. The molecular formula is C17H12Cl2N2O3S. The van der Waals surface area contributed by atoms with Crippen molar-refractivity contribution in [1.82, 2.24) is 0 Å². The Balaban J connectivity index is 2.22. The lowest BCUT2D eigenvalue weighted by Gasteiger charge is -2.00. The molecule has 1 N–H and O–H groups in total. The van der Waals surface area contributed by atoms with Crippen molar-refractivity contribution in [3.8, 4) is 6.07 Å². The van der Waals surface area contributed by atoms with Crippen LogP contribution in [0, 0.1) is 18.3 Å². The summed E-state index contributed by atoms with van der Waals surface area (Å²) in [5.41, 5.74) is 1.33. The number of nitrogens with zero attached hydrogens (tertiary/aromatic N) is 1. The van der Waals surface area contributed by atoms with Crippen LogP contribution in [0.25, 0.3) is 6.08 Å². The Morgan fingerprint density at radius 2 is 2.08 bits per heavy atom. The standard InChI is InChI=1S/C17H12Cl2N2O3S/c1-9-12(8-20)16(25-15(9)17(23)24-2)21-14(22)6-4-10-3-5-11(18)7-13(10)19/h3-7H,1-2H3,(H,21,22)/b6-4+. The topological polar surface area (TPSA) is 79.2 Å². The molecule has 2 rings (SSSR count). The highest BCUT2D eigenvalue weighted by molar-refractivity contribution is 7.18. The number of halogens is 2. The molecule has 2 aromatic rings. The summed E-state index contributed by atoms with van der Waals surface area (Å²) in [5, 5.41) is 13.0. The van der Waals surface area contributed by atoms with Gasteiger partial charge >= 0.3 is 5.97 Å². The third-order valence-corrected chi connectivity index (χ3v) is 4.99. The number of nitrogens with one attached hydrogen (secondary N) is 1. The monoisotopic (exact) mass is 394 g/mol. The zero-order valence-corrected chi connectivity index (χ0v) is 15.6. The summed E-state index contributed by atoms with van der Waals surface area (Å²) in [4.78, 5) is 24.1. The molecule has 0 unspecified atom stereocenters. The van der Waals surface area contributed by atoms with Gasteiger partial charge in [-0.05, 0) is 36.3 Å². The lowest BCUT2D eigenvalue weighted by molar-refractivity contribution is -0.111. The van der Waals surface area contributed by atoms with Crippen molar-refractivity contribution in [2.24, 2.45) is 0 Å². The molecule has 0 radical (unpaired) electrons. The Kier molecular flexibility index (Phi) is 6.21. The molecule has 1 aromatic heterocycles. The quantitative estimate of drug-likeness (QED) is 0.603. The number of hydrogen-bond donors (Lipinski definition) is 1. The summed E-state index contributed by atoms with van der Waals surface area (Å²) >= 11 is 12.8. The second-order valence-electron chi connectivity index (χ2n) is 4.85. The van der Waals surface area contributed by atoms with Crippen LogP contribution in [0.1, 0.15) is 26.4 Å². The fourth-order valence-corrected chi connectivity index (χ4v) is 3.53. The Labute approximate surface area is 158 Å². The van der Waals surface area contributed by atoms with Gasteiger partial charge in [0.15, 0.2) is 0 Å². The Hall–Kier alpha value is -2.33. The summed E-state index contributed by atoms with van der Waals surface area (Å²) in [7, 11) is 1.25. The molecule has 0 fully saturated rings. The van der Waals surface area contributed by atoms with Gasteiger partial charge < -0.3 is 10.1 Å². The van der Waals surface area contributed by atoms with Crippen LogP contribution in [0.3, 0.4) is 0 Å². The second-order valence-corrected chi connectivity index (χ2v) is 6.72. The number of benzene rings is 1. The van der Waals surface area contributed by atoms with Crippen LogP contribution in [0.5, 0.6) is 0 Å². The van der Waals surface area contributed by atoms with Gasteiger partial charge in [-0.1, -0.05) is 29.3 Å². The number of anilines is 1. The van der Waals surface area contributed by atoms with E-state index < -0.39 is 11.9 Å². The normalized spacial score (nSPS) is 10.5. The minimum Gasteiger partial charge on any atom is -0.465 e. The fraction of sp³-hybridized carbons (Fsp3) is 0.118. The van der Waals surface area contributed by atoms with E-state index in [1.165, 1.54) is 19.3 Å². The molecule has 25 heavy (non-hydrogen) atoms. The molecule has 0 aliphatic rings. The van der Waals surface area contributed by atoms with Crippen LogP contribution < -0.4 is 5.32 Å². The lowest BCUT2D eigenvalue weighted by Crippen LogP contribution is -2.07. The second kappa shape index (κ2) is 8.17. The van der Waals surface area contributed by atoms with Crippen molar-refractivity contribution >= 4 is 57.5 Å². The first-order valence-electron chi connectivity index (χ1n) is 6.93. The van der Waals surface area contributed by atoms with E-state index in [9.17, 15) is 14.9 Å². The van der Waals surface area contributed by atoms with Gasteiger partial charge in [-0.2, -0.15) is 5.26 Å². The van der Waals surface area contributed by atoms with Gasteiger partial charge in [0.1, 0.15) is 15.9 Å². The first-order chi connectivity index (χ1) is 11.9. The Morgan fingerprint density at radius 1 is 1.36 bits per heavy atom. The maximum Gasteiger partial charge on any atom is 0.348 e. The van der Waals surface area contributed by atoms with E-state index in [1.54, 1.807) is 25.1 Å². The SMILES string of the molecule is COC(=O)c1sc(NC(=O)/C=C/c2ccc(Cl)cc2Cl)c(C#N)c1C. The molecule has 1 aromatic carbocycles. The van der Waals surface area contributed by atoms with Gasteiger partial charge in [-0.25, -0.2) is 4.79 Å². The van der Waals surface area contributed by atoms with Crippen LogP contribution in [0.15, 0.2) is 24.3 Å². The van der Waals surface area contributed by atoms with E-state index in [1.807, 2.05) is 6.07 Å². The van der Waals surface area contributed by atoms with E-state index in [-0.39, 0.29) is 15.4 Å². The summed E-state index contributed by atoms with van der Waals surface area (Å²) in [5.74, 6) is -1.01. The molecule has 0 aliphatic heterocycles. The van der Waals surface area contributed by atoms with Crippen molar-refractivity contribution in [3.05, 3.63) is 55.9 Å². The van der Waals surface area contributed by atoms with Crippen LogP contribution in [0.2, 0.25) is 10.0 Å². The predicted octanol–water partition coefficient (Wildman–Crippen LogP) is 4.67. The Bertz CT molecular complexity index is 913. The van der Waals surface area contributed by atoms with Gasteiger partial charge in [0.05, 0.1) is 12.7 Å². The van der Waals surface area contributed by atoms with Gasteiger partial charge in [0, 0.05) is 16.1 Å². The molecule has 128 valence electrons. The minimum atomic E-state index is -0.553. The molecule has 0 saturated carbocycles. The zero-order valence-electron chi connectivity index (χ0n) is 13.2. The van der Waals surface area contributed by atoms with E-state index >= 15 is 0 Å². The first kappa shape index (κ1) is 19.0. The van der Waals surface area contributed by atoms with Gasteiger partial charge in [0.2, 0.25) is 5.91 Å². The number of amides is 1. The Morgan fingerprint density at radius 3 is 2.68 bits per heavy atom. The largest absolute Gasteiger partial charge is 0.465 e. The first-order valence-corrected chi connectivity index (χ1v) is 8.50. The number of hydrogen-bond acceptors (Lipinski definition) is 5. The van der Waals surface area contributed by atoms with Crippen molar-refractivity contribution in [2.75, 3.05) is 12.4 Å². The minimum absolute atomic E-state index is 0.233. The summed E-state index contributed by atoms with van der Waals surface area (Å²) < 4.78 is 4.67. The number of thiophene rings is 1. The number of carbonyl (C=O) groups is 2. The molecule has 0 bridgehead atoms. The van der Waals surface area contributed by atoms with Gasteiger partial charge in [-0.15, -0.1) is 11.3 Å². The lowest BCUT2D eigenvalue weighted by atomic mass is 10.1. The predicted molar refractivity (Wildman–Crippen MR) is 99.2 cm³/mol. The number of rotatable bonds is 4. The average Bonchev–Trinajstić information content (AvgIpc) is 2.88. The summed E-state index contributed by atoms with van der Waals surface area (Å²) in [6.07, 6.45) is 2.81. The highest BCUT2D eigenvalue weighted by Crippen LogP contribution is 2.33. The van der Waals surface area contributed by atoms with Crippen molar-refractivity contribution in [3.63, 3.8) is 0 Å². The van der Waals surface area contributed by atoms with Gasteiger partial charge in [0.25, 0.3) is 0 Å². The smallest absolute Gasteiger partial charge is 0.348 e. The van der Waals surface area contributed by atoms with Crippen molar-refractivity contribution < 1.29 is 14.3 Å². The molecule has 0 aliphatic carbocycles. The molecule has 0 spiro atoms. The number of nitriles is 1. The average molecular weight is 395 g/mol. The molecule has 1 heterocycles. The number of carbonyl (C=O) groups excluding carboxylic acids is 2.